The van der Waals surface area contributed by atoms with Crippen LogP contribution in [-0.4, -0.2) is 31.2 Å². The first kappa shape index (κ1) is 20.3. The monoisotopic (exact) mass is 377 g/mol. The van der Waals surface area contributed by atoms with Crippen molar-refractivity contribution in [1.29, 1.82) is 0 Å². The molecular formula is C20H31NO2SSi. The molecule has 0 radical (unpaired) electrons. The van der Waals surface area contributed by atoms with Gasteiger partial charge in [-0.1, -0.05) is 70.2 Å². The summed E-state index contributed by atoms with van der Waals surface area (Å²) in [4.78, 5) is 13.2. The fraction of sp³-hybridized carbons (Fsp3) is 0.600. The van der Waals surface area contributed by atoms with Crippen LogP contribution in [0.5, 0.6) is 0 Å². The number of nitrogens with one attached hydrogen (secondary N) is 1. The highest BCUT2D eigenvalue weighted by Gasteiger charge is 2.49. The lowest BCUT2D eigenvalue weighted by Gasteiger charge is -2.47. The van der Waals surface area contributed by atoms with Gasteiger partial charge in [0.1, 0.15) is 0 Å². The van der Waals surface area contributed by atoms with Gasteiger partial charge >= 0.3 is 0 Å². The van der Waals surface area contributed by atoms with Gasteiger partial charge in [-0.15, -0.1) is 0 Å². The molecule has 1 N–H and O–H groups in total. The molecule has 1 fully saturated rings. The predicted octanol–water partition coefficient (Wildman–Crippen LogP) is 4.57. The van der Waals surface area contributed by atoms with Crippen molar-refractivity contribution in [3.63, 3.8) is 0 Å². The van der Waals surface area contributed by atoms with Crippen LogP contribution < -0.4 is 5.32 Å². The fourth-order valence-corrected chi connectivity index (χ4v) is 4.81. The molecule has 0 saturated carbocycles. The number of carbonyl (C=O) groups is 1. The third-order valence-electron chi connectivity index (χ3n) is 5.80. The van der Waals surface area contributed by atoms with Crippen LogP contribution in [0.2, 0.25) is 18.1 Å². The number of carbonyl (C=O) groups excluding carboxylic acids is 1. The van der Waals surface area contributed by atoms with E-state index in [4.69, 9.17) is 16.6 Å². The molecule has 1 unspecified atom stereocenters. The molecular weight excluding hydrogens is 346 g/mol. The Morgan fingerprint density at radius 3 is 2.24 bits per heavy atom. The summed E-state index contributed by atoms with van der Waals surface area (Å²) in [6, 6.07) is 10.1. The second-order valence-corrected chi connectivity index (χ2v) is 13.9. The van der Waals surface area contributed by atoms with Gasteiger partial charge in [-0.25, -0.2) is 0 Å². The first-order valence-corrected chi connectivity index (χ1v) is 12.3. The van der Waals surface area contributed by atoms with Crippen molar-refractivity contribution in [2.75, 3.05) is 0 Å². The van der Waals surface area contributed by atoms with Crippen LogP contribution in [0.15, 0.2) is 30.3 Å². The number of β-lactam (4-membered cyclic amide) rings is 1. The fourth-order valence-electron chi connectivity index (χ4n) is 3.10. The van der Waals surface area contributed by atoms with Gasteiger partial charge in [0.05, 0.1) is 18.1 Å². The van der Waals surface area contributed by atoms with Crippen LogP contribution in [0.3, 0.4) is 0 Å². The Morgan fingerprint density at radius 2 is 1.76 bits per heavy atom. The minimum absolute atomic E-state index is 0.0416. The minimum Gasteiger partial charge on any atom is -0.413 e. The highest BCUT2D eigenvalue weighted by Crippen LogP contribution is 2.39. The molecule has 1 saturated heterocycles. The molecule has 0 aromatic heterocycles. The van der Waals surface area contributed by atoms with Crippen molar-refractivity contribution < 1.29 is 9.22 Å². The maximum atomic E-state index is 12.3. The molecule has 5 heteroatoms. The van der Waals surface area contributed by atoms with Crippen molar-refractivity contribution in [2.45, 2.75) is 64.9 Å². The van der Waals surface area contributed by atoms with Crippen molar-refractivity contribution in [3.05, 3.63) is 35.9 Å². The van der Waals surface area contributed by atoms with Crippen LogP contribution in [0.4, 0.5) is 0 Å². The lowest BCUT2D eigenvalue weighted by Crippen LogP contribution is -2.66. The summed E-state index contributed by atoms with van der Waals surface area (Å²) >= 11 is 5.68. The minimum atomic E-state index is -1.91. The third-order valence-corrected chi connectivity index (χ3v) is 11.0. The van der Waals surface area contributed by atoms with Gasteiger partial charge < -0.3 is 9.74 Å². The topological polar surface area (TPSA) is 38.3 Å². The largest absolute Gasteiger partial charge is 0.413 e. The van der Waals surface area contributed by atoms with Crippen LogP contribution in [-0.2, 0) is 9.22 Å². The Bertz CT molecular complexity index is 639. The molecule has 3 nitrogen and oxygen atoms in total. The summed E-state index contributed by atoms with van der Waals surface area (Å²) in [7, 11) is -1.91. The Balaban J connectivity index is 2.11. The first-order chi connectivity index (χ1) is 11.5. The van der Waals surface area contributed by atoms with E-state index in [0.717, 1.165) is 10.4 Å². The number of hydrogen-bond acceptors (Lipinski definition) is 3. The molecule has 138 valence electrons. The Hall–Kier alpha value is -1.04. The molecule has 1 aliphatic heterocycles. The molecule has 4 atom stereocenters. The van der Waals surface area contributed by atoms with Crippen LogP contribution in [0.25, 0.3) is 0 Å². The Kier molecular flexibility index (Phi) is 5.91. The van der Waals surface area contributed by atoms with E-state index in [1.807, 2.05) is 37.3 Å². The zero-order valence-electron chi connectivity index (χ0n) is 16.4. The van der Waals surface area contributed by atoms with Gasteiger partial charge in [0.15, 0.2) is 8.32 Å². The van der Waals surface area contributed by atoms with Gasteiger partial charge in [-0.2, -0.15) is 0 Å². The van der Waals surface area contributed by atoms with E-state index in [0.29, 0.717) is 0 Å². The van der Waals surface area contributed by atoms with E-state index >= 15 is 0 Å². The quantitative estimate of drug-likeness (QED) is 0.342. The SMILES string of the molecule is CC(C(=S)c1ccccc1)[C@H]1NC(=O)[C@@H]1[C@@H](C)O[Si](C)(C)C(C)(C)C. The average Bonchev–Trinajstić information content (AvgIpc) is 2.50. The molecule has 1 aliphatic rings. The van der Waals surface area contributed by atoms with Crippen molar-refractivity contribution >= 4 is 31.3 Å². The van der Waals surface area contributed by atoms with E-state index in [2.05, 4.69) is 46.1 Å². The predicted molar refractivity (Wildman–Crippen MR) is 110 cm³/mol. The zero-order chi connectivity index (χ0) is 19.0. The number of hydrogen-bond donors (Lipinski definition) is 1. The van der Waals surface area contributed by atoms with E-state index < -0.39 is 8.32 Å². The third kappa shape index (κ3) is 4.21. The second kappa shape index (κ2) is 7.29. The second-order valence-electron chi connectivity index (χ2n) is 8.66. The lowest BCUT2D eigenvalue weighted by molar-refractivity contribution is -0.140. The number of benzene rings is 1. The van der Waals surface area contributed by atoms with E-state index in [9.17, 15) is 4.79 Å². The van der Waals surface area contributed by atoms with Gasteiger partial charge in [0, 0.05) is 10.8 Å². The van der Waals surface area contributed by atoms with Gasteiger partial charge in [-0.05, 0) is 30.6 Å². The molecule has 1 amide bonds. The number of thiocarbonyl (C=S) groups is 1. The lowest BCUT2D eigenvalue weighted by atomic mass is 9.77. The zero-order valence-corrected chi connectivity index (χ0v) is 18.2. The maximum Gasteiger partial charge on any atom is 0.228 e. The molecule has 1 heterocycles. The first-order valence-electron chi connectivity index (χ1n) is 9.03. The molecule has 0 bridgehead atoms. The molecule has 1 aromatic rings. The Labute approximate surface area is 158 Å². The highest BCUT2D eigenvalue weighted by molar-refractivity contribution is 7.80. The summed E-state index contributed by atoms with van der Waals surface area (Å²) in [6.07, 6.45) is -0.0966. The van der Waals surface area contributed by atoms with E-state index in [-0.39, 0.29) is 34.9 Å². The van der Waals surface area contributed by atoms with Crippen LogP contribution in [0.1, 0.15) is 40.2 Å². The maximum absolute atomic E-state index is 12.3. The average molecular weight is 378 g/mol. The summed E-state index contributed by atoms with van der Waals surface area (Å²) < 4.78 is 6.48. The van der Waals surface area contributed by atoms with E-state index in [1.165, 1.54) is 0 Å². The molecule has 1 aromatic carbocycles. The standard InChI is InChI=1S/C20H31NO2SSi/c1-13(18(24)15-11-9-8-10-12-15)17-16(19(22)21-17)14(2)23-25(6,7)20(3,4)5/h8-14,16-17H,1-7H3,(H,21,22)/t13?,14-,16-,17-/m1/s1. The number of rotatable bonds is 6. The molecule has 0 aliphatic carbocycles. The van der Waals surface area contributed by atoms with Gasteiger partial charge in [-0.3, -0.25) is 4.79 Å². The number of amides is 1. The van der Waals surface area contributed by atoms with Gasteiger partial charge in [0.2, 0.25) is 5.91 Å². The Morgan fingerprint density at radius 1 is 1.20 bits per heavy atom. The van der Waals surface area contributed by atoms with Crippen LogP contribution in [0, 0.1) is 11.8 Å². The normalized spacial score (nSPS) is 23.4. The van der Waals surface area contributed by atoms with E-state index in [1.54, 1.807) is 0 Å². The summed E-state index contributed by atoms with van der Waals surface area (Å²) in [5.74, 6) is 0.0512. The summed E-state index contributed by atoms with van der Waals surface area (Å²) in [5, 5.41) is 3.18. The highest BCUT2D eigenvalue weighted by atomic mass is 32.1. The molecule has 0 spiro atoms. The van der Waals surface area contributed by atoms with Gasteiger partial charge in [0.25, 0.3) is 0 Å². The summed E-state index contributed by atoms with van der Waals surface area (Å²) in [6.45, 7) is 15.3. The van der Waals surface area contributed by atoms with Crippen molar-refractivity contribution in [1.82, 2.24) is 5.32 Å². The van der Waals surface area contributed by atoms with Crippen LogP contribution >= 0.6 is 12.2 Å². The van der Waals surface area contributed by atoms with Crippen molar-refractivity contribution in [2.24, 2.45) is 11.8 Å². The smallest absolute Gasteiger partial charge is 0.228 e. The summed E-state index contributed by atoms with van der Waals surface area (Å²) in [5.41, 5.74) is 1.06. The molecule has 2 rings (SSSR count). The van der Waals surface area contributed by atoms with Crippen molar-refractivity contribution in [3.8, 4) is 0 Å². The molecule has 25 heavy (non-hydrogen) atoms.